The van der Waals surface area contributed by atoms with Gasteiger partial charge in [0.1, 0.15) is 5.52 Å². The molecule has 2 heterocycles. The van der Waals surface area contributed by atoms with Gasteiger partial charge in [0.25, 0.3) is 0 Å². The van der Waals surface area contributed by atoms with Crippen LogP contribution in [0.25, 0.3) is 11.0 Å². The van der Waals surface area contributed by atoms with Gasteiger partial charge in [0.05, 0.1) is 12.1 Å². The van der Waals surface area contributed by atoms with Crippen LogP contribution in [0, 0.1) is 6.92 Å². The number of carboxylic acid groups (broad SMARTS) is 1. The SMILES string of the molecule is Cc1cnc2c(C(=O)O)nn(Cc3ccc(Cl)cc3Cl)c2c1. The summed E-state index contributed by atoms with van der Waals surface area (Å²) in [5.74, 6) is -1.11. The molecule has 3 aromatic rings. The molecule has 0 radical (unpaired) electrons. The second-order valence-electron chi connectivity index (χ2n) is 4.93. The normalized spacial score (nSPS) is 11.0. The van der Waals surface area contributed by atoms with Crippen molar-refractivity contribution in [3.63, 3.8) is 0 Å². The molecule has 0 bridgehead atoms. The first kappa shape index (κ1) is 14.8. The summed E-state index contributed by atoms with van der Waals surface area (Å²) in [5.41, 5.74) is 2.67. The average molecular weight is 336 g/mol. The first-order valence-corrected chi connectivity index (χ1v) is 7.21. The van der Waals surface area contributed by atoms with E-state index >= 15 is 0 Å². The van der Waals surface area contributed by atoms with Crippen molar-refractivity contribution in [3.05, 3.63) is 57.3 Å². The molecule has 1 aromatic carbocycles. The molecule has 22 heavy (non-hydrogen) atoms. The number of hydrogen-bond acceptors (Lipinski definition) is 3. The number of nitrogens with zero attached hydrogens (tertiary/aromatic N) is 3. The van der Waals surface area contributed by atoms with Crippen LogP contribution in [-0.2, 0) is 6.54 Å². The van der Waals surface area contributed by atoms with Crippen molar-refractivity contribution < 1.29 is 9.90 Å². The number of carboxylic acids is 1. The summed E-state index contributed by atoms with van der Waals surface area (Å²) < 4.78 is 1.59. The maximum Gasteiger partial charge on any atom is 0.358 e. The van der Waals surface area contributed by atoms with E-state index < -0.39 is 5.97 Å². The highest BCUT2D eigenvalue weighted by atomic mass is 35.5. The largest absolute Gasteiger partial charge is 0.476 e. The van der Waals surface area contributed by atoms with Crippen molar-refractivity contribution in [1.29, 1.82) is 0 Å². The van der Waals surface area contributed by atoms with Gasteiger partial charge in [-0.25, -0.2) is 4.79 Å². The number of aromatic nitrogens is 3. The number of aromatic carboxylic acids is 1. The van der Waals surface area contributed by atoms with Gasteiger partial charge in [0.2, 0.25) is 0 Å². The first-order valence-electron chi connectivity index (χ1n) is 6.46. The molecule has 1 N–H and O–H groups in total. The molecular formula is C15H11Cl2N3O2. The van der Waals surface area contributed by atoms with Crippen LogP contribution in [-0.4, -0.2) is 25.8 Å². The van der Waals surface area contributed by atoms with E-state index in [4.69, 9.17) is 23.2 Å². The molecule has 7 heteroatoms. The second kappa shape index (κ2) is 5.59. The fraction of sp³-hybridized carbons (Fsp3) is 0.133. The Labute approximate surface area is 136 Å². The van der Waals surface area contributed by atoms with Crippen LogP contribution in [0.15, 0.2) is 30.5 Å². The van der Waals surface area contributed by atoms with Crippen LogP contribution < -0.4 is 0 Å². The fourth-order valence-corrected chi connectivity index (χ4v) is 2.70. The predicted molar refractivity (Wildman–Crippen MR) is 84.8 cm³/mol. The third kappa shape index (κ3) is 2.65. The molecule has 0 spiro atoms. The van der Waals surface area contributed by atoms with Crippen molar-refractivity contribution in [1.82, 2.24) is 14.8 Å². The Morgan fingerprint density at radius 1 is 1.32 bits per heavy atom. The Hall–Kier alpha value is -2.11. The number of rotatable bonds is 3. The molecule has 0 fully saturated rings. The summed E-state index contributed by atoms with van der Waals surface area (Å²) in [6, 6.07) is 7.02. The minimum absolute atomic E-state index is 0.0694. The van der Waals surface area contributed by atoms with Crippen LogP contribution in [0.2, 0.25) is 10.0 Å². The zero-order valence-corrected chi connectivity index (χ0v) is 13.1. The van der Waals surface area contributed by atoms with Crippen molar-refractivity contribution in [2.45, 2.75) is 13.5 Å². The molecule has 2 aromatic heterocycles. The van der Waals surface area contributed by atoms with Crippen molar-refractivity contribution in [3.8, 4) is 0 Å². The van der Waals surface area contributed by atoms with E-state index in [2.05, 4.69) is 10.1 Å². The lowest BCUT2D eigenvalue weighted by Crippen LogP contribution is -2.05. The zero-order chi connectivity index (χ0) is 15.9. The number of aryl methyl sites for hydroxylation is 1. The smallest absolute Gasteiger partial charge is 0.358 e. The maximum atomic E-state index is 11.3. The molecule has 0 unspecified atom stereocenters. The lowest BCUT2D eigenvalue weighted by molar-refractivity contribution is 0.0691. The van der Waals surface area contributed by atoms with Gasteiger partial charge < -0.3 is 5.11 Å². The molecule has 0 aliphatic heterocycles. The van der Waals surface area contributed by atoms with E-state index in [1.807, 2.05) is 13.0 Å². The molecule has 0 saturated carbocycles. The predicted octanol–water partition coefficient (Wildman–Crippen LogP) is 3.79. The molecule has 0 saturated heterocycles. The molecule has 5 nitrogen and oxygen atoms in total. The van der Waals surface area contributed by atoms with Gasteiger partial charge in [-0.1, -0.05) is 29.3 Å². The lowest BCUT2D eigenvalue weighted by Gasteiger charge is -2.06. The van der Waals surface area contributed by atoms with Crippen molar-refractivity contribution in [2.24, 2.45) is 0 Å². The summed E-state index contributed by atoms with van der Waals surface area (Å²) in [7, 11) is 0. The highest BCUT2D eigenvalue weighted by Crippen LogP contribution is 2.24. The molecular weight excluding hydrogens is 325 g/mol. The molecule has 0 aliphatic rings. The van der Waals surface area contributed by atoms with Gasteiger partial charge in [0.15, 0.2) is 5.69 Å². The van der Waals surface area contributed by atoms with E-state index in [9.17, 15) is 9.90 Å². The summed E-state index contributed by atoms with van der Waals surface area (Å²) in [4.78, 5) is 15.5. The highest BCUT2D eigenvalue weighted by molar-refractivity contribution is 6.35. The number of carbonyl (C=O) groups is 1. The van der Waals surface area contributed by atoms with E-state index in [0.29, 0.717) is 27.6 Å². The highest BCUT2D eigenvalue weighted by Gasteiger charge is 2.18. The first-order chi connectivity index (χ1) is 10.5. The van der Waals surface area contributed by atoms with E-state index in [1.165, 1.54) is 0 Å². The van der Waals surface area contributed by atoms with E-state index in [1.54, 1.807) is 29.1 Å². The van der Waals surface area contributed by atoms with Crippen LogP contribution in [0.5, 0.6) is 0 Å². The standard InChI is InChI=1S/C15H11Cl2N3O2/c1-8-4-12-13(18-6-8)14(15(21)22)19-20(12)7-9-2-3-10(16)5-11(9)17/h2-6H,7H2,1H3,(H,21,22). The van der Waals surface area contributed by atoms with Crippen LogP contribution in [0.4, 0.5) is 0 Å². The maximum absolute atomic E-state index is 11.3. The number of halogens is 2. The lowest BCUT2D eigenvalue weighted by atomic mass is 10.2. The van der Waals surface area contributed by atoms with Crippen LogP contribution in [0.1, 0.15) is 21.6 Å². The number of benzene rings is 1. The fourth-order valence-electron chi connectivity index (χ4n) is 2.23. The van der Waals surface area contributed by atoms with Gasteiger partial charge in [-0.2, -0.15) is 5.10 Å². The minimum atomic E-state index is -1.11. The number of hydrogen-bond donors (Lipinski definition) is 1. The Kier molecular flexibility index (Phi) is 3.76. The number of pyridine rings is 1. The Morgan fingerprint density at radius 2 is 2.09 bits per heavy atom. The average Bonchev–Trinajstić information content (AvgIpc) is 2.80. The summed E-state index contributed by atoms with van der Waals surface area (Å²) in [6.07, 6.45) is 1.62. The minimum Gasteiger partial charge on any atom is -0.476 e. The Bertz CT molecular complexity index is 890. The summed E-state index contributed by atoms with van der Waals surface area (Å²) in [5, 5.41) is 14.5. The number of fused-ring (bicyclic) bond motifs is 1. The monoisotopic (exact) mass is 335 g/mol. The van der Waals surface area contributed by atoms with Crippen molar-refractivity contribution >= 4 is 40.2 Å². The molecule has 3 rings (SSSR count). The topological polar surface area (TPSA) is 68.0 Å². The van der Waals surface area contributed by atoms with E-state index in [-0.39, 0.29) is 5.69 Å². The summed E-state index contributed by atoms with van der Waals surface area (Å²) >= 11 is 12.1. The molecule has 0 amide bonds. The molecule has 0 atom stereocenters. The summed E-state index contributed by atoms with van der Waals surface area (Å²) in [6.45, 7) is 2.23. The van der Waals surface area contributed by atoms with Gasteiger partial charge in [-0.05, 0) is 36.2 Å². The van der Waals surface area contributed by atoms with Gasteiger partial charge in [-0.3, -0.25) is 9.67 Å². The van der Waals surface area contributed by atoms with Gasteiger partial charge in [0, 0.05) is 16.2 Å². The van der Waals surface area contributed by atoms with Crippen molar-refractivity contribution in [2.75, 3.05) is 0 Å². The quantitative estimate of drug-likeness (QED) is 0.790. The zero-order valence-electron chi connectivity index (χ0n) is 11.5. The third-order valence-corrected chi connectivity index (χ3v) is 3.85. The second-order valence-corrected chi connectivity index (χ2v) is 5.77. The third-order valence-electron chi connectivity index (χ3n) is 3.27. The van der Waals surface area contributed by atoms with Crippen LogP contribution >= 0.6 is 23.2 Å². The Morgan fingerprint density at radius 3 is 2.77 bits per heavy atom. The Balaban J connectivity index is 2.14. The molecule has 112 valence electrons. The van der Waals surface area contributed by atoms with Gasteiger partial charge >= 0.3 is 5.97 Å². The van der Waals surface area contributed by atoms with Gasteiger partial charge in [-0.15, -0.1) is 0 Å². The van der Waals surface area contributed by atoms with Crippen LogP contribution in [0.3, 0.4) is 0 Å². The molecule has 0 aliphatic carbocycles. The van der Waals surface area contributed by atoms with E-state index in [0.717, 1.165) is 11.1 Å².